The molecule has 3 N–H and O–H groups in total. The zero-order valence-corrected chi connectivity index (χ0v) is 24.2. The van der Waals surface area contributed by atoms with Gasteiger partial charge in [0.1, 0.15) is 16.4 Å². The SMILES string of the molecule is COc1ccc(C2CC3(CNC3)C2)cc1C(=O)Nc1c(C(=O)Nc2ccc(F)c(C(F)(F)F)c2)sc2cc(C(F)(F)F)ccc12. The zero-order valence-electron chi connectivity index (χ0n) is 23.4. The van der Waals surface area contributed by atoms with E-state index in [9.17, 15) is 40.3 Å². The fourth-order valence-corrected chi connectivity index (χ4v) is 6.98. The van der Waals surface area contributed by atoms with Crippen molar-refractivity contribution in [2.75, 3.05) is 30.8 Å². The molecule has 1 saturated carbocycles. The maximum Gasteiger partial charge on any atom is 0.419 e. The largest absolute Gasteiger partial charge is 0.496 e. The van der Waals surface area contributed by atoms with Crippen LogP contribution in [0.5, 0.6) is 5.75 Å². The van der Waals surface area contributed by atoms with Gasteiger partial charge in [0.15, 0.2) is 0 Å². The van der Waals surface area contributed by atoms with Crippen LogP contribution in [0.3, 0.4) is 0 Å². The van der Waals surface area contributed by atoms with Gasteiger partial charge in [0.25, 0.3) is 11.8 Å². The van der Waals surface area contributed by atoms with Crippen LogP contribution in [0, 0.1) is 11.2 Å². The predicted octanol–water partition coefficient (Wildman–Crippen LogP) is 8.06. The van der Waals surface area contributed by atoms with E-state index in [1.165, 1.54) is 7.11 Å². The number of nitrogens with one attached hydrogen (secondary N) is 3. The first-order valence-corrected chi connectivity index (χ1v) is 14.5. The minimum absolute atomic E-state index is 0.00467. The molecule has 4 aromatic rings. The molecule has 45 heavy (non-hydrogen) atoms. The number of carbonyl (C=O) groups excluding carboxylic acids is 2. The summed E-state index contributed by atoms with van der Waals surface area (Å²) >= 11 is 0.611. The molecule has 1 aliphatic heterocycles. The lowest BCUT2D eigenvalue weighted by molar-refractivity contribution is -0.140. The summed E-state index contributed by atoms with van der Waals surface area (Å²) < 4.78 is 99.4. The van der Waals surface area contributed by atoms with Gasteiger partial charge in [-0.25, -0.2) is 4.39 Å². The molecule has 6 rings (SSSR count). The van der Waals surface area contributed by atoms with Crippen molar-refractivity contribution in [1.82, 2.24) is 5.32 Å². The topological polar surface area (TPSA) is 79.5 Å². The summed E-state index contributed by atoms with van der Waals surface area (Å²) in [6, 6.07) is 9.77. The minimum Gasteiger partial charge on any atom is -0.496 e. The van der Waals surface area contributed by atoms with Gasteiger partial charge in [0, 0.05) is 28.9 Å². The Hall–Kier alpha value is -4.17. The van der Waals surface area contributed by atoms with Gasteiger partial charge in [-0.1, -0.05) is 12.1 Å². The lowest BCUT2D eigenvalue weighted by Crippen LogP contribution is -2.59. The van der Waals surface area contributed by atoms with Crippen LogP contribution < -0.4 is 20.7 Å². The Balaban J connectivity index is 1.35. The van der Waals surface area contributed by atoms with E-state index in [2.05, 4.69) is 16.0 Å². The van der Waals surface area contributed by atoms with Crippen LogP contribution in [0.1, 0.15) is 55.5 Å². The van der Waals surface area contributed by atoms with Crippen LogP contribution in [0.2, 0.25) is 0 Å². The Bertz CT molecular complexity index is 1820. The number of benzene rings is 3. The molecule has 1 saturated heterocycles. The lowest BCUT2D eigenvalue weighted by atomic mass is 9.57. The molecule has 14 heteroatoms. The molecule has 236 valence electrons. The van der Waals surface area contributed by atoms with E-state index in [1.54, 1.807) is 12.1 Å². The number of hydrogen-bond donors (Lipinski definition) is 3. The standard InChI is InChI=1S/C31H24F7N3O3S/c1-44-23-7-2-15(16-11-29(12-16)13-39-14-29)8-20(23)27(42)41-25-19-5-3-17(30(33,34)35)9-24(19)45-26(25)28(43)40-18-4-6-22(32)21(10-18)31(36,37)38/h2-10,16,39H,11-14H2,1H3,(H,40,43)(H,41,42). The maximum absolute atomic E-state index is 13.8. The number of hydrogen-bond acceptors (Lipinski definition) is 5. The fourth-order valence-electron chi connectivity index (χ4n) is 5.89. The number of alkyl halides is 6. The molecule has 2 aliphatic rings. The molecule has 1 aliphatic carbocycles. The Morgan fingerprint density at radius 1 is 0.911 bits per heavy atom. The van der Waals surface area contributed by atoms with Gasteiger partial charge in [0.05, 0.1) is 29.5 Å². The Labute approximate surface area is 255 Å². The minimum atomic E-state index is -5.04. The molecule has 1 spiro atoms. The molecular formula is C31H24F7N3O3S. The van der Waals surface area contributed by atoms with E-state index in [0.29, 0.717) is 23.5 Å². The maximum atomic E-state index is 13.8. The first-order valence-electron chi connectivity index (χ1n) is 13.7. The fraction of sp³-hybridized carbons (Fsp3) is 0.290. The molecule has 0 atom stereocenters. The summed E-state index contributed by atoms with van der Waals surface area (Å²) in [6.45, 7) is 1.88. The van der Waals surface area contributed by atoms with Crippen molar-refractivity contribution in [3.8, 4) is 5.75 Å². The summed E-state index contributed by atoms with van der Waals surface area (Å²) in [4.78, 5) is 26.8. The molecule has 0 radical (unpaired) electrons. The highest BCUT2D eigenvalue weighted by molar-refractivity contribution is 7.21. The summed E-state index contributed by atoms with van der Waals surface area (Å²) in [5, 5.41) is 8.25. The molecule has 1 aromatic heterocycles. The summed E-state index contributed by atoms with van der Waals surface area (Å²) in [5.74, 6) is -2.82. The molecule has 2 amide bonds. The van der Waals surface area contributed by atoms with E-state index in [4.69, 9.17) is 4.74 Å². The number of thiophene rings is 1. The van der Waals surface area contributed by atoms with Crippen molar-refractivity contribution in [3.05, 3.63) is 87.5 Å². The molecule has 0 unspecified atom stereocenters. The Kier molecular flexibility index (Phi) is 7.55. The van der Waals surface area contributed by atoms with Gasteiger partial charge in [-0.15, -0.1) is 11.3 Å². The monoisotopic (exact) mass is 651 g/mol. The molecule has 6 nitrogen and oxygen atoms in total. The van der Waals surface area contributed by atoms with Gasteiger partial charge in [-0.2, -0.15) is 26.3 Å². The van der Waals surface area contributed by atoms with Gasteiger partial charge < -0.3 is 20.7 Å². The van der Waals surface area contributed by atoms with Crippen LogP contribution in [0.25, 0.3) is 10.1 Å². The van der Waals surface area contributed by atoms with E-state index in [0.717, 1.165) is 55.8 Å². The second kappa shape index (κ2) is 11.0. The third-order valence-electron chi connectivity index (χ3n) is 8.29. The number of rotatable bonds is 6. The first-order chi connectivity index (χ1) is 21.2. The summed E-state index contributed by atoms with van der Waals surface area (Å²) in [6.07, 6.45) is -7.84. The normalized spacial score (nSPS) is 16.3. The number of methoxy groups -OCH3 is 1. The van der Waals surface area contributed by atoms with Crippen LogP contribution >= 0.6 is 11.3 Å². The number of anilines is 2. The molecule has 2 fully saturated rings. The molecule has 3 aromatic carbocycles. The zero-order chi connectivity index (χ0) is 32.3. The Morgan fingerprint density at radius 2 is 1.64 bits per heavy atom. The second-order valence-electron chi connectivity index (χ2n) is 11.3. The van der Waals surface area contributed by atoms with Crippen LogP contribution in [0.4, 0.5) is 42.1 Å². The number of amides is 2. The highest BCUT2D eigenvalue weighted by Crippen LogP contribution is 2.53. The number of ether oxygens (including phenoxy) is 1. The molecule has 2 heterocycles. The van der Waals surface area contributed by atoms with Crippen molar-refractivity contribution >= 4 is 44.6 Å². The highest BCUT2D eigenvalue weighted by atomic mass is 32.1. The van der Waals surface area contributed by atoms with Gasteiger partial charge in [-0.05, 0) is 72.2 Å². The van der Waals surface area contributed by atoms with Gasteiger partial charge in [-0.3, -0.25) is 9.59 Å². The average molecular weight is 652 g/mol. The van der Waals surface area contributed by atoms with E-state index in [1.807, 2.05) is 6.07 Å². The molecule has 0 bridgehead atoms. The lowest BCUT2D eigenvalue weighted by Gasteiger charge is -2.54. The van der Waals surface area contributed by atoms with Crippen LogP contribution in [-0.2, 0) is 12.4 Å². The van der Waals surface area contributed by atoms with Gasteiger partial charge >= 0.3 is 12.4 Å². The first kappa shape index (κ1) is 30.8. The van der Waals surface area contributed by atoms with Crippen molar-refractivity contribution in [2.45, 2.75) is 31.1 Å². The summed E-state index contributed by atoms with van der Waals surface area (Å²) in [5.41, 5.74) is -1.84. The van der Waals surface area contributed by atoms with Crippen molar-refractivity contribution < 1.29 is 45.1 Å². The van der Waals surface area contributed by atoms with Crippen molar-refractivity contribution in [2.24, 2.45) is 5.41 Å². The van der Waals surface area contributed by atoms with Crippen molar-refractivity contribution in [1.29, 1.82) is 0 Å². The van der Waals surface area contributed by atoms with Crippen LogP contribution in [0.15, 0.2) is 54.6 Å². The van der Waals surface area contributed by atoms with E-state index < -0.39 is 46.8 Å². The second-order valence-corrected chi connectivity index (χ2v) is 12.3. The smallest absolute Gasteiger partial charge is 0.419 e. The number of carbonyl (C=O) groups is 2. The van der Waals surface area contributed by atoms with E-state index in [-0.39, 0.29) is 43.3 Å². The number of halogens is 7. The number of fused-ring (bicyclic) bond motifs is 1. The third kappa shape index (κ3) is 5.84. The third-order valence-corrected chi connectivity index (χ3v) is 9.44. The predicted molar refractivity (Wildman–Crippen MR) is 154 cm³/mol. The van der Waals surface area contributed by atoms with Crippen LogP contribution in [-0.4, -0.2) is 32.0 Å². The van der Waals surface area contributed by atoms with E-state index >= 15 is 0 Å². The molecular weight excluding hydrogens is 627 g/mol. The highest BCUT2D eigenvalue weighted by Gasteiger charge is 2.48. The summed E-state index contributed by atoms with van der Waals surface area (Å²) in [7, 11) is 1.37. The Morgan fingerprint density at radius 3 is 2.27 bits per heavy atom. The quantitative estimate of drug-likeness (QED) is 0.184. The van der Waals surface area contributed by atoms with Gasteiger partial charge in [0.2, 0.25) is 0 Å². The van der Waals surface area contributed by atoms with Crippen molar-refractivity contribution in [3.63, 3.8) is 0 Å². The average Bonchev–Trinajstić information content (AvgIpc) is 3.29.